The number of likely N-dealkylation sites (tertiary alicyclic amines) is 1. The van der Waals surface area contributed by atoms with Crippen LogP contribution < -0.4 is 5.56 Å². The van der Waals surface area contributed by atoms with Crippen molar-refractivity contribution in [2.45, 2.75) is 20.4 Å². The van der Waals surface area contributed by atoms with Crippen LogP contribution in [0.15, 0.2) is 46.7 Å². The van der Waals surface area contributed by atoms with Gasteiger partial charge in [-0.1, -0.05) is 0 Å². The van der Waals surface area contributed by atoms with Gasteiger partial charge in [0.25, 0.3) is 11.5 Å². The van der Waals surface area contributed by atoms with Crippen molar-refractivity contribution in [2.24, 2.45) is 5.92 Å². The van der Waals surface area contributed by atoms with Crippen molar-refractivity contribution < 1.29 is 4.79 Å². The maximum Gasteiger partial charge on any atom is 0.266 e. The quantitative estimate of drug-likeness (QED) is 0.506. The molecule has 1 aliphatic heterocycles. The maximum absolute atomic E-state index is 12.8. The van der Waals surface area contributed by atoms with Crippen LogP contribution in [0.1, 0.15) is 21.7 Å². The van der Waals surface area contributed by atoms with Gasteiger partial charge >= 0.3 is 0 Å². The van der Waals surface area contributed by atoms with Crippen LogP contribution in [0, 0.1) is 19.8 Å². The van der Waals surface area contributed by atoms with Crippen molar-refractivity contribution in [3.05, 3.63) is 69.2 Å². The Morgan fingerprint density at radius 3 is 2.73 bits per heavy atom. The minimum Gasteiger partial charge on any atom is -0.338 e. The van der Waals surface area contributed by atoms with E-state index in [2.05, 4.69) is 15.2 Å². The van der Waals surface area contributed by atoms with Gasteiger partial charge in [0, 0.05) is 36.3 Å². The van der Waals surface area contributed by atoms with Crippen molar-refractivity contribution in [1.29, 1.82) is 0 Å². The Hall–Kier alpha value is -3.33. The number of benzene rings is 1. The summed E-state index contributed by atoms with van der Waals surface area (Å²) in [6.45, 7) is 5.57. The van der Waals surface area contributed by atoms with Crippen LogP contribution >= 0.6 is 11.3 Å². The van der Waals surface area contributed by atoms with Crippen molar-refractivity contribution in [3.63, 3.8) is 0 Å². The fraction of sp³-hybridized carbons (Fsp3) is 0.286. The summed E-state index contributed by atoms with van der Waals surface area (Å²) in [6, 6.07) is 10.8. The molecule has 0 spiro atoms. The van der Waals surface area contributed by atoms with E-state index in [1.165, 1.54) is 22.1 Å². The Bertz CT molecular complexity index is 1310. The molecule has 0 aliphatic carbocycles. The van der Waals surface area contributed by atoms with E-state index in [9.17, 15) is 9.59 Å². The average molecular weight is 420 g/mol. The van der Waals surface area contributed by atoms with E-state index in [1.54, 1.807) is 16.3 Å². The summed E-state index contributed by atoms with van der Waals surface area (Å²) >= 11 is 1.53. The maximum atomic E-state index is 12.8. The number of thiazole rings is 1. The van der Waals surface area contributed by atoms with Crippen molar-refractivity contribution >= 4 is 27.5 Å². The molecule has 1 aliphatic rings. The summed E-state index contributed by atoms with van der Waals surface area (Å²) in [5.74, 6) is 0.825. The number of hydrogen-bond donors (Lipinski definition) is 0. The third-order valence-electron chi connectivity index (χ3n) is 5.33. The number of aromatic nitrogens is 5. The standard InChI is InChI=1S/C21H20N6O2S/c1-13-7-14(2)27(23-13)19-5-6-20(28)26(24-19)11-15-9-25(10-15)21(29)16-3-4-17-18(8-16)30-12-22-17/h3-8,12,15H,9-11H2,1-2H3. The number of hydrogen-bond acceptors (Lipinski definition) is 6. The molecule has 30 heavy (non-hydrogen) atoms. The molecule has 4 heterocycles. The molecule has 3 aromatic heterocycles. The number of rotatable bonds is 4. The first-order chi connectivity index (χ1) is 14.5. The van der Waals surface area contributed by atoms with E-state index in [-0.39, 0.29) is 17.4 Å². The zero-order valence-corrected chi connectivity index (χ0v) is 17.5. The summed E-state index contributed by atoms with van der Waals surface area (Å²) in [6.07, 6.45) is 0. The van der Waals surface area contributed by atoms with Crippen LogP contribution in [-0.4, -0.2) is 48.4 Å². The highest BCUT2D eigenvalue weighted by atomic mass is 32.1. The molecular weight excluding hydrogens is 400 g/mol. The number of aryl methyl sites for hydroxylation is 2. The molecule has 0 atom stereocenters. The highest BCUT2D eigenvalue weighted by Crippen LogP contribution is 2.23. The second-order valence-corrected chi connectivity index (χ2v) is 8.55. The SMILES string of the molecule is Cc1cc(C)n(-c2ccc(=O)n(CC3CN(C(=O)c4ccc5ncsc5c4)C3)n2)n1. The normalized spacial score (nSPS) is 14.3. The van der Waals surface area contributed by atoms with Gasteiger partial charge in [-0.2, -0.15) is 5.10 Å². The lowest BCUT2D eigenvalue weighted by Gasteiger charge is -2.39. The van der Waals surface area contributed by atoms with E-state index in [0.29, 0.717) is 31.0 Å². The molecule has 1 amide bonds. The second-order valence-electron chi connectivity index (χ2n) is 7.66. The molecule has 152 valence electrons. The number of fused-ring (bicyclic) bond motifs is 1. The largest absolute Gasteiger partial charge is 0.338 e. The highest BCUT2D eigenvalue weighted by Gasteiger charge is 2.32. The lowest BCUT2D eigenvalue weighted by molar-refractivity contribution is 0.0458. The first-order valence-corrected chi connectivity index (χ1v) is 10.6. The van der Waals surface area contributed by atoms with Gasteiger partial charge in [-0.05, 0) is 44.2 Å². The van der Waals surface area contributed by atoms with Crippen LogP contribution in [-0.2, 0) is 6.54 Å². The molecule has 0 bridgehead atoms. The second kappa shape index (κ2) is 7.17. The Morgan fingerprint density at radius 1 is 1.13 bits per heavy atom. The zero-order chi connectivity index (χ0) is 20.8. The monoisotopic (exact) mass is 420 g/mol. The Morgan fingerprint density at radius 2 is 1.97 bits per heavy atom. The zero-order valence-electron chi connectivity index (χ0n) is 16.6. The van der Waals surface area contributed by atoms with E-state index >= 15 is 0 Å². The highest BCUT2D eigenvalue weighted by molar-refractivity contribution is 7.16. The number of carbonyl (C=O) groups is 1. The minimum atomic E-state index is -0.152. The molecule has 5 rings (SSSR count). The Labute approximate surface area is 176 Å². The number of carbonyl (C=O) groups excluding carboxylic acids is 1. The summed E-state index contributed by atoms with van der Waals surface area (Å²) in [4.78, 5) is 31.1. The van der Waals surface area contributed by atoms with Crippen molar-refractivity contribution in [2.75, 3.05) is 13.1 Å². The molecule has 4 aromatic rings. The predicted molar refractivity (Wildman–Crippen MR) is 114 cm³/mol. The molecule has 1 saturated heterocycles. The van der Waals surface area contributed by atoms with Crippen molar-refractivity contribution in [1.82, 2.24) is 29.4 Å². The van der Waals surface area contributed by atoms with Gasteiger partial charge in [0.05, 0.1) is 28.0 Å². The van der Waals surface area contributed by atoms with Gasteiger partial charge in [0.1, 0.15) is 0 Å². The van der Waals surface area contributed by atoms with Crippen LogP contribution in [0.2, 0.25) is 0 Å². The summed E-state index contributed by atoms with van der Waals surface area (Å²) < 4.78 is 4.22. The summed E-state index contributed by atoms with van der Waals surface area (Å²) in [5, 5.41) is 8.92. The van der Waals surface area contributed by atoms with Gasteiger partial charge in [-0.25, -0.2) is 14.3 Å². The third kappa shape index (κ3) is 3.30. The molecule has 8 nitrogen and oxygen atoms in total. The molecule has 0 N–H and O–H groups in total. The number of amides is 1. The van der Waals surface area contributed by atoms with E-state index in [1.807, 2.05) is 43.0 Å². The van der Waals surface area contributed by atoms with Crippen LogP contribution in [0.25, 0.3) is 16.0 Å². The summed E-state index contributed by atoms with van der Waals surface area (Å²) in [5.41, 5.74) is 5.07. The fourth-order valence-electron chi connectivity index (χ4n) is 3.81. The summed E-state index contributed by atoms with van der Waals surface area (Å²) in [7, 11) is 0. The molecule has 0 radical (unpaired) electrons. The van der Waals surface area contributed by atoms with Gasteiger partial charge in [-0.15, -0.1) is 16.4 Å². The van der Waals surface area contributed by atoms with Gasteiger partial charge in [0.2, 0.25) is 0 Å². The van der Waals surface area contributed by atoms with Gasteiger partial charge in [-0.3, -0.25) is 9.59 Å². The lowest BCUT2D eigenvalue weighted by Crippen LogP contribution is -2.52. The minimum absolute atomic E-state index is 0.0123. The average Bonchev–Trinajstić information content (AvgIpc) is 3.30. The topological polar surface area (TPSA) is 85.9 Å². The number of nitrogens with zero attached hydrogens (tertiary/aromatic N) is 6. The van der Waals surface area contributed by atoms with Crippen LogP contribution in [0.5, 0.6) is 0 Å². The van der Waals surface area contributed by atoms with Crippen molar-refractivity contribution in [3.8, 4) is 5.82 Å². The fourth-order valence-corrected chi connectivity index (χ4v) is 4.53. The molecule has 1 fully saturated rings. The molecule has 9 heteroatoms. The Balaban J connectivity index is 1.28. The van der Waals surface area contributed by atoms with Gasteiger partial charge in [0.15, 0.2) is 5.82 Å². The Kier molecular flexibility index (Phi) is 4.47. The van der Waals surface area contributed by atoms with E-state index < -0.39 is 0 Å². The van der Waals surface area contributed by atoms with E-state index in [4.69, 9.17) is 0 Å². The molecule has 1 aromatic carbocycles. The first-order valence-electron chi connectivity index (χ1n) is 9.72. The molecule has 0 saturated carbocycles. The smallest absolute Gasteiger partial charge is 0.266 e. The third-order valence-corrected chi connectivity index (χ3v) is 6.12. The first kappa shape index (κ1) is 18.7. The molecular formula is C21H20N6O2S. The van der Waals surface area contributed by atoms with Crippen LogP contribution in [0.3, 0.4) is 0 Å². The van der Waals surface area contributed by atoms with Gasteiger partial charge < -0.3 is 4.90 Å². The predicted octanol–water partition coefficient (Wildman–Crippen LogP) is 2.43. The molecule has 0 unspecified atom stereocenters. The van der Waals surface area contributed by atoms with Crippen LogP contribution in [0.4, 0.5) is 0 Å². The lowest BCUT2D eigenvalue weighted by atomic mass is 9.99. The van der Waals surface area contributed by atoms with E-state index in [0.717, 1.165) is 21.6 Å².